The van der Waals surface area contributed by atoms with Gasteiger partial charge in [0.1, 0.15) is 0 Å². The number of aryl methyl sites for hydroxylation is 1. The zero-order chi connectivity index (χ0) is 19.8. The molecule has 0 amide bonds. The number of ether oxygens (including phenoxy) is 1. The molecule has 28 heavy (non-hydrogen) atoms. The van der Waals surface area contributed by atoms with E-state index < -0.39 is 12.1 Å². The molecule has 0 saturated heterocycles. The summed E-state index contributed by atoms with van der Waals surface area (Å²) in [5, 5.41) is 5.56. The molecule has 1 atom stereocenters. The van der Waals surface area contributed by atoms with Crippen LogP contribution in [0.3, 0.4) is 0 Å². The third-order valence-electron chi connectivity index (χ3n) is 4.66. The van der Waals surface area contributed by atoms with Gasteiger partial charge in [-0.1, -0.05) is 36.4 Å². The zero-order valence-electron chi connectivity index (χ0n) is 15.3. The molecule has 0 fully saturated rings. The maximum atomic E-state index is 12.8. The second-order valence-electron chi connectivity index (χ2n) is 6.48. The number of esters is 1. The summed E-state index contributed by atoms with van der Waals surface area (Å²) >= 11 is 0. The summed E-state index contributed by atoms with van der Waals surface area (Å²) < 4.78 is 6.48. The number of carbonyl (C=O) groups excluding carboxylic acids is 2. The van der Waals surface area contributed by atoms with E-state index in [-0.39, 0.29) is 17.0 Å². The Morgan fingerprint density at radius 1 is 1.04 bits per heavy atom. The lowest BCUT2D eigenvalue weighted by Crippen LogP contribution is -2.28. The fourth-order valence-electron chi connectivity index (χ4n) is 3.21. The van der Waals surface area contributed by atoms with Crippen molar-refractivity contribution in [3.8, 4) is 0 Å². The number of nitrogens with zero attached hydrogens (tertiary/aromatic N) is 2. The van der Waals surface area contributed by atoms with Gasteiger partial charge in [-0.2, -0.15) is 5.10 Å². The van der Waals surface area contributed by atoms with Gasteiger partial charge in [-0.25, -0.2) is 9.48 Å². The molecular weight excluding hydrogens is 358 g/mol. The Morgan fingerprint density at radius 2 is 1.68 bits per heavy atom. The molecule has 0 radical (unpaired) electrons. The third kappa shape index (κ3) is 2.87. The van der Waals surface area contributed by atoms with Crippen molar-refractivity contribution in [1.82, 2.24) is 14.8 Å². The largest absolute Gasteiger partial charge is 0.449 e. The van der Waals surface area contributed by atoms with E-state index in [2.05, 4.69) is 10.1 Å². The number of hydrogen-bond donors (Lipinski definition) is 1. The number of rotatable bonds is 4. The molecule has 7 heteroatoms. The molecule has 1 unspecified atom stereocenters. The second-order valence-corrected chi connectivity index (χ2v) is 6.48. The molecule has 0 saturated carbocycles. The molecule has 4 aromatic rings. The monoisotopic (exact) mass is 375 g/mol. The first-order valence-corrected chi connectivity index (χ1v) is 8.74. The van der Waals surface area contributed by atoms with Gasteiger partial charge in [0.2, 0.25) is 5.78 Å². The first-order chi connectivity index (χ1) is 13.5. The molecule has 0 spiro atoms. The first kappa shape index (κ1) is 17.7. The summed E-state index contributed by atoms with van der Waals surface area (Å²) in [6.07, 6.45) is 0.599. The van der Waals surface area contributed by atoms with E-state index in [1.54, 1.807) is 30.5 Å². The van der Waals surface area contributed by atoms with Crippen LogP contribution in [0.25, 0.3) is 21.7 Å². The van der Waals surface area contributed by atoms with Crippen LogP contribution in [0.5, 0.6) is 0 Å². The van der Waals surface area contributed by atoms with Crippen LogP contribution in [0.2, 0.25) is 0 Å². The molecule has 4 rings (SSSR count). The molecule has 140 valence electrons. The quantitative estimate of drug-likeness (QED) is 0.437. The number of aromatic nitrogens is 3. The predicted molar refractivity (Wildman–Crippen MR) is 104 cm³/mol. The van der Waals surface area contributed by atoms with Crippen molar-refractivity contribution in [2.24, 2.45) is 7.05 Å². The van der Waals surface area contributed by atoms with E-state index in [9.17, 15) is 14.4 Å². The molecule has 0 aliphatic carbocycles. The average molecular weight is 375 g/mol. The molecule has 1 N–H and O–H groups in total. The Balaban J connectivity index is 1.65. The predicted octanol–water partition coefficient (Wildman–Crippen LogP) is 2.84. The number of H-pyrrole nitrogens is 1. The number of Topliss-reactive ketones (excluding diaryl/α,β-unsaturated/α-hetero) is 1. The van der Waals surface area contributed by atoms with Crippen molar-refractivity contribution < 1.29 is 14.3 Å². The normalized spacial score (nSPS) is 12.2. The smallest absolute Gasteiger partial charge is 0.360 e. The van der Waals surface area contributed by atoms with Gasteiger partial charge in [-0.15, -0.1) is 0 Å². The van der Waals surface area contributed by atoms with E-state index in [0.29, 0.717) is 16.3 Å². The summed E-state index contributed by atoms with van der Waals surface area (Å²) in [6.45, 7) is 1.52. The van der Waals surface area contributed by atoms with Crippen LogP contribution in [-0.4, -0.2) is 32.6 Å². The van der Waals surface area contributed by atoms with Crippen LogP contribution in [0.1, 0.15) is 27.8 Å². The van der Waals surface area contributed by atoms with E-state index in [1.165, 1.54) is 14.0 Å². The van der Waals surface area contributed by atoms with Gasteiger partial charge in [-0.05, 0) is 19.1 Å². The van der Waals surface area contributed by atoms with Crippen LogP contribution >= 0.6 is 0 Å². The first-order valence-electron chi connectivity index (χ1n) is 8.74. The molecule has 0 aliphatic rings. The number of para-hydroxylation sites is 1. The highest BCUT2D eigenvalue weighted by Gasteiger charge is 2.25. The lowest BCUT2D eigenvalue weighted by molar-refractivity contribution is 0.0313. The van der Waals surface area contributed by atoms with Crippen molar-refractivity contribution >= 4 is 33.4 Å². The number of carbonyl (C=O) groups is 2. The van der Waals surface area contributed by atoms with Crippen molar-refractivity contribution in [3.05, 3.63) is 76.3 Å². The van der Waals surface area contributed by atoms with Gasteiger partial charge >= 0.3 is 5.97 Å². The fraction of sp³-hybridized carbons (Fsp3) is 0.143. The summed E-state index contributed by atoms with van der Waals surface area (Å²) in [4.78, 5) is 40.7. The van der Waals surface area contributed by atoms with Crippen molar-refractivity contribution in [3.63, 3.8) is 0 Å². The Kier molecular flexibility index (Phi) is 4.27. The highest BCUT2D eigenvalue weighted by Crippen LogP contribution is 2.21. The number of benzene rings is 2. The van der Waals surface area contributed by atoms with Gasteiger partial charge in [0.15, 0.2) is 11.8 Å². The fourth-order valence-corrected chi connectivity index (χ4v) is 3.21. The number of aromatic amines is 1. The maximum Gasteiger partial charge on any atom is 0.360 e. The number of ketones is 1. The Morgan fingerprint density at radius 3 is 2.43 bits per heavy atom. The van der Waals surface area contributed by atoms with Crippen molar-refractivity contribution in [2.45, 2.75) is 13.0 Å². The summed E-state index contributed by atoms with van der Waals surface area (Å²) in [5.74, 6) is -1.08. The number of nitrogens with one attached hydrogen (secondary N) is 1. The van der Waals surface area contributed by atoms with Gasteiger partial charge in [0, 0.05) is 35.1 Å². The molecule has 2 aromatic carbocycles. The molecule has 2 heterocycles. The number of fused-ring (bicyclic) bond motifs is 2. The van der Waals surface area contributed by atoms with Gasteiger partial charge in [0.25, 0.3) is 5.56 Å². The molecule has 0 aliphatic heterocycles. The molecule has 2 aromatic heterocycles. The van der Waals surface area contributed by atoms with Crippen LogP contribution in [0.15, 0.2) is 59.5 Å². The minimum Gasteiger partial charge on any atom is -0.449 e. The number of hydrogen-bond acceptors (Lipinski definition) is 5. The summed E-state index contributed by atoms with van der Waals surface area (Å²) in [5.41, 5.74) is 0.968. The van der Waals surface area contributed by atoms with Crippen LogP contribution < -0.4 is 5.56 Å². The van der Waals surface area contributed by atoms with Crippen LogP contribution in [0.4, 0.5) is 0 Å². The standard InChI is InChI=1S/C21H17N3O4/c1-12(19(25)16-11-22-17-10-6-5-7-13(16)17)28-21(27)18-14-8-3-4-9-15(14)20(26)24(2)23-18/h3-12,22H,1-2H3. The summed E-state index contributed by atoms with van der Waals surface area (Å²) in [7, 11) is 1.46. The van der Waals surface area contributed by atoms with E-state index in [1.807, 2.05) is 24.3 Å². The topological polar surface area (TPSA) is 94.0 Å². The molecular formula is C21H17N3O4. The lowest BCUT2D eigenvalue weighted by Gasteiger charge is -2.13. The average Bonchev–Trinajstić information content (AvgIpc) is 3.14. The lowest BCUT2D eigenvalue weighted by atomic mass is 10.1. The van der Waals surface area contributed by atoms with Gasteiger partial charge in [-0.3, -0.25) is 9.59 Å². The highest BCUT2D eigenvalue weighted by atomic mass is 16.5. The molecule has 0 bridgehead atoms. The summed E-state index contributed by atoms with van der Waals surface area (Å²) in [6, 6.07) is 14.1. The molecule has 7 nitrogen and oxygen atoms in total. The van der Waals surface area contributed by atoms with Crippen LogP contribution in [-0.2, 0) is 11.8 Å². The van der Waals surface area contributed by atoms with E-state index in [0.717, 1.165) is 15.6 Å². The maximum absolute atomic E-state index is 12.8. The van der Waals surface area contributed by atoms with E-state index in [4.69, 9.17) is 4.74 Å². The Labute approximate surface area is 159 Å². The zero-order valence-corrected chi connectivity index (χ0v) is 15.3. The van der Waals surface area contributed by atoms with Crippen molar-refractivity contribution in [2.75, 3.05) is 0 Å². The minimum atomic E-state index is -1.01. The van der Waals surface area contributed by atoms with Gasteiger partial charge < -0.3 is 9.72 Å². The minimum absolute atomic E-state index is 0.00345. The van der Waals surface area contributed by atoms with Crippen molar-refractivity contribution in [1.29, 1.82) is 0 Å². The SMILES string of the molecule is CC(OC(=O)c1nn(C)c(=O)c2ccccc12)C(=O)c1c[nH]c2ccccc12. The van der Waals surface area contributed by atoms with E-state index >= 15 is 0 Å². The van der Waals surface area contributed by atoms with Crippen LogP contribution in [0, 0.1) is 0 Å². The highest BCUT2D eigenvalue weighted by molar-refractivity contribution is 6.11. The van der Waals surface area contributed by atoms with Gasteiger partial charge in [0.05, 0.1) is 5.39 Å². The Hall–Kier alpha value is -3.74. The third-order valence-corrected chi connectivity index (χ3v) is 4.66. The second kappa shape index (κ2) is 6.77. The Bertz CT molecular complexity index is 1290.